The van der Waals surface area contributed by atoms with Gasteiger partial charge in [0.2, 0.25) is 0 Å². The summed E-state index contributed by atoms with van der Waals surface area (Å²) in [5, 5.41) is 8.83. The lowest BCUT2D eigenvalue weighted by molar-refractivity contribution is -0.131. The maximum Gasteiger partial charge on any atom is 0.328 e. The van der Waals surface area contributed by atoms with Crippen LogP contribution in [0.2, 0.25) is 0 Å². The Morgan fingerprint density at radius 2 is 1.92 bits per heavy atom. The molecule has 24 heavy (non-hydrogen) atoms. The molecule has 0 radical (unpaired) electrons. The Balaban J connectivity index is 2.20. The van der Waals surface area contributed by atoms with Gasteiger partial charge in [0.1, 0.15) is 0 Å². The fourth-order valence-corrected chi connectivity index (χ4v) is 3.85. The molecule has 0 aliphatic heterocycles. The Hall–Kier alpha value is -1.83. The summed E-state index contributed by atoms with van der Waals surface area (Å²) in [6.45, 7) is 8.80. The summed E-state index contributed by atoms with van der Waals surface area (Å²) >= 11 is 0. The summed E-state index contributed by atoms with van der Waals surface area (Å²) in [6, 6.07) is 0. The molecule has 0 unspecified atom stereocenters. The van der Waals surface area contributed by atoms with Gasteiger partial charge in [-0.25, -0.2) is 4.79 Å². The number of carbonyl (C=O) groups is 1. The molecule has 0 bridgehead atoms. The Morgan fingerprint density at radius 1 is 1.17 bits per heavy atom. The molecule has 0 spiro atoms. The van der Waals surface area contributed by atoms with Crippen LogP contribution in [-0.4, -0.2) is 11.1 Å². The monoisotopic (exact) mass is 326 g/mol. The van der Waals surface area contributed by atoms with E-state index in [2.05, 4.69) is 39.0 Å². The van der Waals surface area contributed by atoms with E-state index in [0.29, 0.717) is 0 Å². The normalized spacial score (nSPS) is 23.8. The average molecular weight is 326 g/mol. The number of allylic oxidation sites excluding steroid dienone is 9. The predicted molar refractivity (Wildman–Crippen MR) is 101 cm³/mol. The van der Waals surface area contributed by atoms with Crippen molar-refractivity contribution in [3.05, 3.63) is 58.2 Å². The van der Waals surface area contributed by atoms with Gasteiger partial charge in [-0.1, -0.05) is 43.7 Å². The fourth-order valence-electron chi connectivity index (χ4n) is 3.85. The largest absolute Gasteiger partial charge is 0.478 e. The first kappa shape index (κ1) is 18.5. The van der Waals surface area contributed by atoms with Gasteiger partial charge >= 0.3 is 5.97 Å². The second kappa shape index (κ2) is 7.83. The number of rotatable bonds is 4. The molecule has 2 aliphatic carbocycles. The molecule has 0 aromatic carbocycles. The molecule has 2 heteroatoms. The van der Waals surface area contributed by atoms with Crippen molar-refractivity contribution in [3.63, 3.8) is 0 Å². The second-order valence-corrected chi connectivity index (χ2v) is 7.78. The van der Waals surface area contributed by atoms with E-state index in [-0.39, 0.29) is 5.41 Å². The number of hydrogen-bond donors (Lipinski definition) is 1. The number of carboxylic acid groups (broad SMARTS) is 1. The zero-order valence-electron chi connectivity index (χ0n) is 15.5. The highest BCUT2D eigenvalue weighted by molar-refractivity contribution is 5.81. The standard InChI is InChI=1S/C22H30O2/c1-16(14-21(23)24)13-19-9-5-8-18(15-19)10-11-20-17(2)7-6-12-22(20,3)4/h10-11,13-15H,5-9,12H2,1-4H3,(H,23,24). The van der Waals surface area contributed by atoms with Crippen molar-refractivity contribution in [2.75, 3.05) is 0 Å². The second-order valence-electron chi connectivity index (χ2n) is 7.78. The lowest BCUT2D eigenvalue weighted by Gasteiger charge is -2.33. The minimum Gasteiger partial charge on any atom is -0.478 e. The molecule has 0 aromatic heterocycles. The summed E-state index contributed by atoms with van der Waals surface area (Å²) in [5.74, 6) is -0.883. The van der Waals surface area contributed by atoms with Crippen LogP contribution in [0.3, 0.4) is 0 Å². The maximum absolute atomic E-state index is 10.7. The van der Waals surface area contributed by atoms with E-state index in [1.807, 2.05) is 13.0 Å². The van der Waals surface area contributed by atoms with Crippen molar-refractivity contribution in [1.82, 2.24) is 0 Å². The highest BCUT2D eigenvalue weighted by Crippen LogP contribution is 2.41. The minimum atomic E-state index is -0.883. The van der Waals surface area contributed by atoms with Crippen LogP contribution >= 0.6 is 0 Å². The smallest absolute Gasteiger partial charge is 0.328 e. The molecular formula is C22H30O2. The van der Waals surface area contributed by atoms with Crippen LogP contribution in [0.15, 0.2) is 58.2 Å². The Morgan fingerprint density at radius 3 is 2.58 bits per heavy atom. The predicted octanol–water partition coefficient (Wildman–Crippen LogP) is 6.14. The van der Waals surface area contributed by atoms with Crippen molar-refractivity contribution in [3.8, 4) is 0 Å². The van der Waals surface area contributed by atoms with E-state index in [9.17, 15) is 4.79 Å². The number of hydrogen-bond acceptors (Lipinski definition) is 1. The SMILES string of the molecule is CC(=CC(=O)O)C=C1C=C(C=CC2=C(C)CCCC2(C)C)CCC1. The molecule has 0 amide bonds. The lowest BCUT2D eigenvalue weighted by atomic mass is 9.72. The van der Waals surface area contributed by atoms with Crippen LogP contribution in [0.1, 0.15) is 66.2 Å². The molecule has 0 saturated carbocycles. The molecule has 130 valence electrons. The van der Waals surface area contributed by atoms with Crippen LogP contribution < -0.4 is 0 Å². The van der Waals surface area contributed by atoms with E-state index in [0.717, 1.165) is 24.8 Å². The first-order valence-corrected chi connectivity index (χ1v) is 8.98. The van der Waals surface area contributed by atoms with Gasteiger partial charge in [0.15, 0.2) is 0 Å². The molecule has 0 aromatic rings. The summed E-state index contributed by atoms with van der Waals surface area (Å²) in [5.41, 5.74) is 6.66. The molecule has 2 rings (SSSR count). The Kier molecular flexibility index (Phi) is 6.04. The fraction of sp³-hybridized carbons (Fsp3) is 0.500. The van der Waals surface area contributed by atoms with Crippen LogP contribution in [-0.2, 0) is 4.79 Å². The van der Waals surface area contributed by atoms with Crippen LogP contribution in [0, 0.1) is 5.41 Å². The van der Waals surface area contributed by atoms with Gasteiger partial charge in [0.25, 0.3) is 0 Å². The van der Waals surface area contributed by atoms with Crippen molar-refractivity contribution in [2.24, 2.45) is 5.41 Å². The van der Waals surface area contributed by atoms with Gasteiger partial charge in [0, 0.05) is 6.08 Å². The lowest BCUT2D eigenvalue weighted by Crippen LogP contribution is -2.19. The third-order valence-corrected chi connectivity index (χ3v) is 5.07. The van der Waals surface area contributed by atoms with Crippen LogP contribution in [0.4, 0.5) is 0 Å². The van der Waals surface area contributed by atoms with E-state index >= 15 is 0 Å². The van der Waals surface area contributed by atoms with Crippen molar-refractivity contribution in [1.29, 1.82) is 0 Å². The Bertz CT molecular complexity index is 651. The van der Waals surface area contributed by atoms with Crippen LogP contribution in [0.25, 0.3) is 0 Å². The molecule has 0 atom stereocenters. The first-order valence-electron chi connectivity index (χ1n) is 8.98. The van der Waals surface area contributed by atoms with Gasteiger partial charge in [0.05, 0.1) is 0 Å². The van der Waals surface area contributed by atoms with Gasteiger partial charge in [-0.3, -0.25) is 0 Å². The zero-order valence-corrected chi connectivity index (χ0v) is 15.5. The van der Waals surface area contributed by atoms with E-state index < -0.39 is 5.97 Å². The van der Waals surface area contributed by atoms with Crippen molar-refractivity contribution >= 4 is 5.97 Å². The van der Waals surface area contributed by atoms with Crippen LogP contribution in [0.5, 0.6) is 0 Å². The first-order chi connectivity index (χ1) is 11.3. The number of carboxylic acids is 1. The highest BCUT2D eigenvalue weighted by Gasteiger charge is 2.26. The molecular weight excluding hydrogens is 296 g/mol. The molecule has 0 saturated heterocycles. The zero-order chi connectivity index (χ0) is 17.7. The summed E-state index contributed by atoms with van der Waals surface area (Å²) in [7, 11) is 0. The third kappa shape index (κ3) is 5.09. The van der Waals surface area contributed by atoms with E-state index in [4.69, 9.17) is 5.11 Å². The molecule has 0 heterocycles. The van der Waals surface area contributed by atoms with Gasteiger partial charge in [-0.05, 0) is 80.1 Å². The quantitative estimate of drug-likeness (QED) is 0.630. The topological polar surface area (TPSA) is 37.3 Å². The average Bonchev–Trinajstić information content (AvgIpc) is 2.45. The summed E-state index contributed by atoms with van der Waals surface area (Å²) in [6.07, 6.45) is 17.1. The molecule has 0 fully saturated rings. The van der Waals surface area contributed by atoms with Gasteiger partial charge in [-0.15, -0.1) is 0 Å². The molecule has 2 nitrogen and oxygen atoms in total. The van der Waals surface area contributed by atoms with Crippen molar-refractivity contribution < 1.29 is 9.90 Å². The van der Waals surface area contributed by atoms with Gasteiger partial charge in [-0.2, -0.15) is 0 Å². The number of aliphatic carboxylic acids is 1. The molecule has 2 aliphatic rings. The van der Waals surface area contributed by atoms with Gasteiger partial charge < -0.3 is 5.11 Å². The third-order valence-electron chi connectivity index (χ3n) is 5.07. The summed E-state index contributed by atoms with van der Waals surface area (Å²) in [4.78, 5) is 10.7. The van der Waals surface area contributed by atoms with E-state index in [1.165, 1.54) is 47.6 Å². The molecule has 1 N–H and O–H groups in total. The summed E-state index contributed by atoms with van der Waals surface area (Å²) < 4.78 is 0. The van der Waals surface area contributed by atoms with Crippen molar-refractivity contribution in [2.45, 2.75) is 66.2 Å². The minimum absolute atomic E-state index is 0.271. The van der Waals surface area contributed by atoms with E-state index in [1.54, 1.807) is 0 Å². The highest BCUT2D eigenvalue weighted by atomic mass is 16.4. The Labute approximate surface area is 146 Å². The maximum atomic E-state index is 10.7.